The number of carbonyl (C=O) groups excluding carboxylic acids is 2. The van der Waals surface area contributed by atoms with Gasteiger partial charge in [-0.3, -0.25) is 10.1 Å². The summed E-state index contributed by atoms with van der Waals surface area (Å²) in [4.78, 5) is 27.2. The lowest BCUT2D eigenvalue weighted by Crippen LogP contribution is -2.24. The van der Waals surface area contributed by atoms with Gasteiger partial charge < -0.3 is 14.2 Å². The van der Waals surface area contributed by atoms with Gasteiger partial charge in [0.05, 0.1) is 12.8 Å². The third kappa shape index (κ3) is 6.45. The smallest absolute Gasteiger partial charge is 0.414 e. The van der Waals surface area contributed by atoms with Crippen LogP contribution in [0, 0.1) is 0 Å². The Kier molecular flexibility index (Phi) is 7.93. The SMILES string of the molecule is COc1cc(CCCCC2OC(=O)NC2=O)ccc1OCc1csc(C=Cc2ccccc2)n1. The molecule has 2 aromatic carbocycles. The van der Waals surface area contributed by atoms with E-state index in [0.717, 1.165) is 41.1 Å². The molecule has 1 N–H and O–H groups in total. The number of methoxy groups -OCH3 is 1. The Morgan fingerprint density at radius 3 is 2.71 bits per heavy atom. The average Bonchev–Trinajstić information content (AvgIpc) is 3.45. The number of hydrogen-bond donors (Lipinski definition) is 1. The molecule has 0 radical (unpaired) electrons. The molecule has 34 heavy (non-hydrogen) atoms. The summed E-state index contributed by atoms with van der Waals surface area (Å²) >= 11 is 1.58. The van der Waals surface area contributed by atoms with Gasteiger partial charge in [-0.05, 0) is 55.0 Å². The van der Waals surface area contributed by atoms with Gasteiger partial charge in [0.2, 0.25) is 0 Å². The minimum Gasteiger partial charge on any atom is -0.493 e. The van der Waals surface area contributed by atoms with Gasteiger partial charge in [0.1, 0.15) is 11.6 Å². The largest absolute Gasteiger partial charge is 0.493 e. The van der Waals surface area contributed by atoms with E-state index in [0.29, 0.717) is 24.5 Å². The molecule has 1 fully saturated rings. The maximum absolute atomic E-state index is 11.5. The Hall–Kier alpha value is -3.65. The number of ether oxygens (including phenoxy) is 3. The zero-order chi connectivity index (χ0) is 23.8. The quantitative estimate of drug-likeness (QED) is 0.379. The van der Waals surface area contributed by atoms with Crippen molar-refractivity contribution in [2.75, 3.05) is 7.11 Å². The second-order valence-corrected chi connectivity index (χ2v) is 8.71. The zero-order valence-electron chi connectivity index (χ0n) is 18.9. The number of nitrogens with one attached hydrogen (secondary N) is 1. The van der Waals surface area contributed by atoms with Crippen LogP contribution >= 0.6 is 11.3 Å². The Balaban J connectivity index is 1.26. The van der Waals surface area contributed by atoms with E-state index in [-0.39, 0.29) is 5.91 Å². The van der Waals surface area contributed by atoms with Gasteiger partial charge in [0.15, 0.2) is 17.6 Å². The monoisotopic (exact) mass is 478 g/mol. The van der Waals surface area contributed by atoms with E-state index in [1.165, 1.54) is 0 Å². The fraction of sp³-hybridized carbons (Fsp3) is 0.269. The van der Waals surface area contributed by atoms with Gasteiger partial charge in [-0.2, -0.15) is 0 Å². The highest BCUT2D eigenvalue weighted by molar-refractivity contribution is 7.10. The molecule has 2 heterocycles. The predicted octanol–water partition coefficient (Wildman–Crippen LogP) is 5.25. The minimum atomic E-state index is -0.669. The standard InChI is InChI=1S/C26H26N2O5S/c1-31-23-15-19(9-5-6-10-22-25(29)28-26(30)33-22)11-13-21(23)32-16-20-17-34-24(27-20)14-12-18-7-3-2-4-8-18/h2-4,7-8,11-15,17,22H,5-6,9-10,16H2,1H3,(H,28,29,30). The van der Waals surface area contributed by atoms with Crippen LogP contribution in [0.5, 0.6) is 11.5 Å². The number of nitrogens with zero attached hydrogens (tertiary/aromatic N) is 1. The minimum absolute atomic E-state index is 0.354. The Morgan fingerprint density at radius 1 is 1.09 bits per heavy atom. The van der Waals surface area contributed by atoms with Crippen LogP contribution in [0.3, 0.4) is 0 Å². The number of rotatable bonds is 11. The van der Waals surface area contributed by atoms with E-state index in [4.69, 9.17) is 14.2 Å². The number of aromatic nitrogens is 1. The molecule has 7 nitrogen and oxygen atoms in total. The lowest BCUT2D eigenvalue weighted by atomic mass is 10.0. The summed E-state index contributed by atoms with van der Waals surface area (Å²) < 4.78 is 16.4. The van der Waals surface area contributed by atoms with Crippen molar-refractivity contribution in [2.24, 2.45) is 0 Å². The Morgan fingerprint density at radius 2 is 1.94 bits per heavy atom. The fourth-order valence-electron chi connectivity index (χ4n) is 3.58. The first-order valence-corrected chi connectivity index (χ1v) is 12.0. The number of thiazole rings is 1. The molecule has 1 atom stereocenters. The molecule has 1 unspecified atom stereocenters. The van der Waals surface area contributed by atoms with E-state index >= 15 is 0 Å². The van der Waals surface area contributed by atoms with Crippen LogP contribution in [-0.4, -0.2) is 30.2 Å². The van der Waals surface area contributed by atoms with E-state index in [9.17, 15) is 9.59 Å². The molecule has 176 valence electrons. The first kappa shape index (κ1) is 23.5. The summed E-state index contributed by atoms with van der Waals surface area (Å²) in [6.45, 7) is 0.355. The van der Waals surface area contributed by atoms with Crippen LogP contribution in [0.25, 0.3) is 12.2 Å². The van der Waals surface area contributed by atoms with E-state index < -0.39 is 12.2 Å². The third-order valence-electron chi connectivity index (χ3n) is 5.34. The van der Waals surface area contributed by atoms with Gasteiger partial charge in [-0.25, -0.2) is 9.78 Å². The number of benzene rings is 2. The van der Waals surface area contributed by atoms with Crippen molar-refractivity contribution < 1.29 is 23.8 Å². The molecule has 0 bridgehead atoms. The van der Waals surface area contributed by atoms with E-state index in [2.05, 4.69) is 22.4 Å². The van der Waals surface area contributed by atoms with Crippen LogP contribution in [-0.2, 0) is 22.6 Å². The molecule has 1 aromatic heterocycles. The molecule has 1 aliphatic rings. The normalized spacial score (nSPS) is 15.4. The summed E-state index contributed by atoms with van der Waals surface area (Å²) in [6, 6.07) is 16.0. The molecule has 0 saturated carbocycles. The number of hydrogen-bond acceptors (Lipinski definition) is 7. The molecule has 0 aliphatic carbocycles. The van der Waals surface area contributed by atoms with Gasteiger partial charge in [-0.15, -0.1) is 11.3 Å². The Bertz CT molecular complexity index is 1160. The summed E-state index contributed by atoms with van der Waals surface area (Å²) in [6.07, 6.45) is 5.70. The maximum Gasteiger partial charge on any atom is 0.414 e. The number of alkyl carbamates (subject to hydrolysis) is 1. The maximum atomic E-state index is 11.5. The summed E-state index contributed by atoms with van der Waals surface area (Å²) in [5, 5.41) is 5.07. The summed E-state index contributed by atoms with van der Waals surface area (Å²) in [5.74, 6) is 0.976. The van der Waals surface area contributed by atoms with Crippen molar-refractivity contribution in [1.82, 2.24) is 10.3 Å². The molecule has 1 aliphatic heterocycles. The molecular weight excluding hydrogens is 452 g/mol. The topological polar surface area (TPSA) is 86.8 Å². The van der Waals surface area contributed by atoms with Crippen molar-refractivity contribution in [3.63, 3.8) is 0 Å². The van der Waals surface area contributed by atoms with Crippen molar-refractivity contribution >= 4 is 35.5 Å². The highest BCUT2D eigenvalue weighted by Gasteiger charge is 2.31. The first-order chi connectivity index (χ1) is 16.6. The summed E-state index contributed by atoms with van der Waals surface area (Å²) in [5.41, 5.74) is 3.10. The number of imide groups is 1. The second-order valence-electron chi connectivity index (χ2n) is 7.82. The number of cyclic esters (lactones) is 1. The van der Waals surface area contributed by atoms with Crippen molar-refractivity contribution in [2.45, 2.75) is 38.4 Å². The highest BCUT2D eigenvalue weighted by atomic mass is 32.1. The molecule has 2 amide bonds. The van der Waals surface area contributed by atoms with Gasteiger partial charge >= 0.3 is 6.09 Å². The van der Waals surface area contributed by atoms with Crippen LogP contribution in [0.2, 0.25) is 0 Å². The van der Waals surface area contributed by atoms with Crippen LogP contribution in [0.4, 0.5) is 4.79 Å². The number of amides is 2. The lowest BCUT2D eigenvalue weighted by Gasteiger charge is -2.12. The van der Waals surface area contributed by atoms with Crippen LogP contribution in [0.15, 0.2) is 53.9 Å². The van der Waals surface area contributed by atoms with Crippen LogP contribution in [0.1, 0.15) is 41.1 Å². The highest BCUT2D eigenvalue weighted by Crippen LogP contribution is 2.30. The summed E-state index contributed by atoms with van der Waals surface area (Å²) in [7, 11) is 1.62. The van der Waals surface area contributed by atoms with E-state index in [1.54, 1.807) is 18.4 Å². The first-order valence-electron chi connectivity index (χ1n) is 11.1. The predicted molar refractivity (Wildman–Crippen MR) is 131 cm³/mol. The average molecular weight is 479 g/mol. The Labute approximate surface area is 202 Å². The number of carbonyl (C=O) groups is 2. The zero-order valence-corrected chi connectivity index (χ0v) is 19.7. The van der Waals surface area contributed by atoms with Gasteiger partial charge in [0, 0.05) is 5.38 Å². The molecule has 3 aromatic rings. The van der Waals surface area contributed by atoms with Gasteiger partial charge in [0.25, 0.3) is 5.91 Å². The third-order valence-corrected chi connectivity index (χ3v) is 6.20. The number of unbranched alkanes of at least 4 members (excludes halogenated alkanes) is 1. The number of aryl methyl sites for hydroxylation is 1. The second kappa shape index (κ2) is 11.5. The molecule has 8 heteroatoms. The van der Waals surface area contributed by atoms with Crippen molar-refractivity contribution in [3.8, 4) is 11.5 Å². The fourth-order valence-corrected chi connectivity index (χ4v) is 4.27. The molecule has 1 saturated heterocycles. The van der Waals surface area contributed by atoms with Crippen molar-refractivity contribution in [3.05, 3.63) is 75.7 Å². The molecule has 0 spiro atoms. The van der Waals surface area contributed by atoms with Gasteiger partial charge in [-0.1, -0.05) is 42.5 Å². The van der Waals surface area contributed by atoms with E-state index in [1.807, 2.05) is 53.9 Å². The lowest BCUT2D eigenvalue weighted by molar-refractivity contribution is -0.123. The molecular formula is C26H26N2O5S. The van der Waals surface area contributed by atoms with Crippen LogP contribution < -0.4 is 14.8 Å². The van der Waals surface area contributed by atoms with Crippen molar-refractivity contribution in [1.29, 1.82) is 0 Å². The molecule has 4 rings (SSSR count).